The molecule has 2 nitrogen and oxygen atoms in total. The van der Waals surface area contributed by atoms with E-state index in [2.05, 4.69) is 37.3 Å². The fourth-order valence-electron chi connectivity index (χ4n) is 1.87. The van der Waals surface area contributed by atoms with Gasteiger partial charge < -0.3 is 9.84 Å². The fraction of sp³-hybridized carbons (Fsp3) is 0.333. The number of benzene rings is 2. The van der Waals surface area contributed by atoms with Crippen LogP contribution in [-0.4, -0.2) is 18.3 Å². The lowest BCUT2D eigenvalue weighted by atomic mass is 10.1. The number of aliphatic hydroxyl groups is 1. The Morgan fingerprint density at radius 2 is 1.82 bits per heavy atom. The van der Waals surface area contributed by atoms with Crippen LogP contribution in [0.1, 0.15) is 18.9 Å². The van der Waals surface area contributed by atoms with Crippen molar-refractivity contribution in [2.24, 2.45) is 0 Å². The topological polar surface area (TPSA) is 29.5 Å². The van der Waals surface area contributed by atoms with E-state index in [0.29, 0.717) is 6.42 Å². The first-order chi connectivity index (χ1) is 8.33. The van der Waals surface area contributed by atoms with Crippen molar-refractivity contribution in [2.75, 3.05) is 13.2 Å². The molecule has 1 N–H and O–H groups in total. The number of rotatable bonds is 5. The molecule has 0 aromatic heterocycles. The van der Waals surface area contributed by atoms with Crippen LogP contribution in [0.15, 0.2) is 36.4 Å². The van der Waals surface area contributed by atoms with E-state index in [-0.39, 0.29) is 6.61 Å². The van der Waals surface area contributed by atoms with E-state index >= 15 is 0 Å². The van der Waals surface area contributed by atoms with Crippen molar-refractivity contribution in [3.05, 3.63) is 42.0 Å². The van der Waals surface area contributed by atoms with Crippen LogP contribution in [0.5, 0.6) is 5.75 Å². The molecular formula is C15H18O2. The fourth-order valence-corrected chi connectivity index (χ4v) is 1.87. The zero-order valence-electron chi connectivity index (χ0n) is 10.1. The van der Waals surface area contributed by atoms with E-state index in [0.717, 1.165) is 18.8 Å². The Balaban J connectivity index is 2.26. The Hall–Kier alpha value is -1.54. The summed E-state index contributed by atoms with van der Waals surface area (Å²) in [5.41, 5.74) is 1.17. The molecule has 0 aliphatic carbocycles. The number of ether oxygens (including phenoxy) is 1. The Morgan fingerprint density at radius 1 is 1.06 bits per heavy atom. The Morgan fingerprint density at radius 3 is 2.59 bits per heavy atom. The van der Waals surface area contributed by atoms with Gasteiger partial charge in [-0.2, -0.15) is 0 Å². The maximum Gasteiger partial charge on any atom is 0.119 e. The van der Waals surface area contributed by atoms with Crippen molar-refractivity contribution in [1.82, 2.24) is 0 Å². The van der Waals surface area contributed by atoms with Crippen LogP contribution in [0.25, 0.3) is 10.8 Å². The first kappa shape index (κ1) is 11.9. The van der Waals surface area contributed by atoms with E-state index < -0.39 is 0 Å². The summed E-state index contributed by atoms with van der Waals surface area (Å²) in [7, 11) is 0. The van der Waals surface area contributed by atoms with Gasteiger partial charge in [0.05, 0.1) is 6.61 Å². The quantitative estimate of drug-likeness (QED) is 0.855. The Labute approximate surface area is 102 Å². The molecule has 0 radical (unpaired) electrons. The van der Waals surface area contributed by atoms with Crippen molar-refractivity contribution in [1.29, 1.82) is 0 Å². The number of hydrogen-bond donors (Lipinski definition) is 1. The first-order valence-corrected chi connectivity index (χ1v) is 6.10. The second kappa shape index (κ2) is 5.69. The van der Waals surface area contributed by atoms with E-state index in [1.54, 1.807) is 0 Å². The van der Waals surface area contributed by atoms with Gasteiger partial charge in [-0.15, -0.1) is 0 Å². The zero-order valence-corrected chi connectivity index (χ0v) is 10.1. The van der Waals surface area contributed by atoms with Gasteiger partial charge in [0.15, 0.2) is 0 Å². The first-order valence-electron chi connectivity index (χ1n) is 6.10. The third-order valence-corrected chi connectivity index (χ3v) is 2.75. The Bertz CT molecular complexity index is 491. The highest BCUT2D eigenvalue weighted by Gasteiger charge is 1.99. The highest BCUT2D eigenvalue weighted by Crippen LogP contribution is 2.22. The third kappa shape index (κ3) is 2.98. The van der Waals surface area contributed by atoms with Crippen LogP contribution >= 0.6 is 0 Å². The minimum Gasteiger partial charge on any atom is -0.494 e. The van der Waals surface area contributed by atoms with E-state index in [1.165, 1.54) is 16.3 Å². The average Bonchev–Trinajstić information content (AvgIpc) is 2.36. The monoisotopic (exact) mass is 230 g/mol. The summed E-state index contributed by atoms with van der Waals surface area (Å²) in [6.07, 6.45) is 1.73. The van der Waals surface area contributed by atoms with Crippen LogP contribution in [0, 0.1) is 0 Å². The van der Waals surface area contributed by atoms with Crippen molar-refractivity contribution in [2.45, 2.75) is 19.8 Å². The summed E-state index contributed by atoms with van der Waals surface area (Å²) in [5.74, 6) is 0.925. The van der Waals surface area contributed by atoms with Gasteiger partial charge in [0.2, 0.25) is 0 Å². The van der Waals surface area contributed by atoms with Gasteiger partial charge >= 0.3 is 0 Å². The summed E-state index contributed by atoms with van der Waals surface area (Å²) >= 11 is 0. The standard InChI is InChI=1S/C15H18O2/c1-2-9-17-15-6-5-13-10-12(7-8-16)3-4-14(13)11-15/h3-6,10-11,16H,2,7-9H2,1H3. The number of fused-ring (bicyclic) bond motifs is 1. The van der Waals surface area contributed by atoms with E-state index in [4.69, 9.17) is 9.84 Å². The smallest absolute Gasteiger partial charge is 0.119 e. The lowest BCUT2D eigenvalue weighted by Crippen LogP contribution is -1.95. The maximum atomic E-state index is 8.91. The molecule has 0 bridgehead atoms. The second-order valence-corrected chi connectivity index (χ2v) is 4.17. The second-order valence-electron chi connectivity index (χ2n) is 4.17. The highest BCUT2D eigenvalue weighted by atomic mass is 16.5. The van der Waals surface area contributed by atoms with Crippen LogP contribution in [0.2, 0.25) is 0 Å². The normalized spacial score (nSPS) is 10.7. The molecule has 2 heteroatoms. The lowest BCUT2D eigenvalue weighted by Gasteiger charge is -2.07. The van der Waals surface area contributed by atoms with Gasteiger partial charge in [-0.1, -0.05) is 31.2 Å². The molecule has 2 rings (SSSR count). The molecule has 0 amide bonds. The van der Waals surface area contributed by atoms with Crippen LogP contribution in [-0.2, 0) is 6.42 Å². The van der Waals surface area contributed by atoms with Gasteiger partial charge in [0.1, 0.15) is 5.75 Å². The zero-order chi connectivity index (χ0) is 12.1. The lowest BCUT2D eigenvalue weighted by molar-refractivity contribution is 0.299. The molecule has 0 heterocycles. The molecule has 0 unspecified atom stereocenters. The number of hydrogen-bond acceptors (Lipinski definition) is 2. The molecule has 2 aromatic carbocycles. The van der Waals surface area contributed by atoms with Gasteiger partial charge in [0, 0.05) is 6.61 Å². The van der Waals surface area contributed by atoms with Gasteiger partial charge in [0.25, 0.3) is 0 Å². The molecule has 0 atom stereocenters. The molecule has 0 fully saturated rings. The number of aliphatic hydroxyl groups excluding tert-OH is 1. The molecule has 0 aliphatic heterocycles. The predicted molar refractivity (Wildman–Crippen MR) is 70.5 cm³/mol. The SMILES string of the molecule is CCCOc1ccc2cc(CCO)ccc2c1. The van der Waals surface area contributed by atoms with Crippen LogP contribution in [0.4, 0.5) is 0 Å². The molecule has 0 saturated heterocycles. The van der Waals surface area contributed by atoms with E-state index in [1.807, 2.05) is 6.07 Å². The van der Waals surface area contributed by atoms with Crippen molar-refractivity contribution in [3.63, 3.8) is 0 Å². The third-order valence-electron chi connectivity index (χ3n) is 2.75. The predicted octanol–water partition coefficient (Wildman–Crippen LogP) is 3.16. The van der Waals surface area contributed by atoms with Crippen molar-refractivity contribution < 1.29 is 9.84 Å². The van der Waals surface area contributed by atoms with Crippen LogP contribution < -0.4 is 4.74 Å². The summed E-state index contributed by atoms with van der Waals surface area (Å²) < 4.78 is 5.60. The highest BCUT2D eigenvalue weighted by molar-refractivity contribution is 5.84. The average molecular weight is 230 g/mol. The van der Waals surface area contributed by atoms with Gasteiger partial charge in [-0.05, 0) is 41.3 Å². The Kier molecular flexibility index (Phi) is 3.99. The molecule has 2 aromatic rings. The molecule has 0 aliphatic rings. The van der Waals surface area contributed by atoms with Gasteiger partial charge in [-0.3, -0.25) is 0 Å². The minimum atomic E-state index is 0.198. The largest absolute Gasteiger partial charge is 0.494 e. The molecule has 90 valence electrons. The van der Waals surface area contributed by atoms with Crippen molar-refractivity contribution in [3.8, 4) is 5.75 Å². The molecular weight excluding hydrogens is 212 g/mol. The van der Waals surface area contributed by atoms with Crippen molar-refractivity contribution >= 4 is 10.8 Å². The van der Waals surface area contributed by atoms with E-state index in [9.17, 15) is 0 Å². The maximum absolute atomic E-state index is 8.91. The summed E-state index contributed by atoms with van der Waals surface area (Å²) in [4.78, 5) is 0. The molecule has 0 saturated carbocycles. The van der Waals surface area contributed by atoms with Gasteiger partial charge in [-0.25, -0.2) is 0 Å². The summed E-state index contributed by atoms with van der Waals surface area (Å²) in [6, 6.07) is 12.4. The summed E-state index contributed by atoms with van der Waals surface area (Å²) in [6.45, 7) is 3.06. The summed E-state index contributed by atoms with van der Waals surface area (Å²) in [5, 5.41) is 11.3. The molecule has 0 spiro atoms. The molecule has 17 heavy (non-hydrogen) atoms. The minimum absolute atomic E-state index is 0.198. The van der Waals surface area contributed by atoms with Crippen LogP contribution in [0.3, 0.4) is 0 Å².